The van der Waals surface area contributed by atoms with E-state index in [2.05, 4.69) is 44.9 Å². The molecule has 0 aliphatic rings. The normalized spacial score (nSPS) is 11.3. The molecule has 0 atom stereocenters. The number of halogens is 1. The third-order valence-corrected chi connectivity index (χ3v) is 6.42. The van der Waals surface area contributed by atoms with Crippen LogP contribution in [0.4, 0.5) is 0 Å². The molecule has 0 radical (unpaired) electrons. The van der Waals surface area contributed by atoms with Crippen molar-refractivity contribution in [3.63, 3.8) is 0 Å². The standard InChI is InChI=1S/C24H21ClN6S/c1-16-12-17(2)30-14-21(27-23(30)26-16)15-32-24-29-28-22(19-8-10-20(25)11-9-19)31(24)13-18-6-4-3-5-7-18/h3-12,14H,13,15H2,1-2H3. The third kappa shape index (κ3) is 4.26. The molecular formula is C24H21ClN6S. The van der Waals surface area contributed by atoms with Gasteiger partial charge in [-0.15, -0.1) is 10.2 Å². The second-order valence-corrected chi connectivity index (χ2v) is 8.99. The molecule has 0 unspecified atom stereocenters. The molecule has 2 aromatic carbocycles. The zero-order valence-corrected chi connectivity index (χ0v) is 19.3. The number of fused-ring (bicyclic) bond motifs is 1. The Kier molecular flexibility index (Phi) is 5.68. The Bertz CT molecular complexity index is 1380. The molecular weight excluding hydrogens is 440 g/mol. The first-order chi connectivity index (χ1) is 15.6. The molecule has 0 amide bonds. The van der Waals surface area contributed by atoms with E-state index < -0.39 is 0 Å². The van der Waals surface area contributed by atoms with Gasteiger partial charge in [-0.05, 0) is 49.7 Å². The summed E-state index contributed by atoms with van der Waals surface area (Å²) >= 11 is 7.71. The van der Waals surface area contributed by atoms with E-state index in [0.29, 0.717) is 17.3 Å². The van der Waals surface area contributed by atoms with Gasteiger partial charge in [0.05, 0.1) is 12.2 Å². The summed E-state index contributed by atoms with van der Waals surface area (Å²) in [5, 5.41) is 10.6. The Morgan fingerprint density at radius 2 is 1.72 bits per heavy atom. The lowest BCUT2D eigenvalue weighted by atomic mass is 10.2. The van der Waals surface area contributed by atoms with Crippen LogP contribution in [0.3, 0.4) is 0 Å². The highest BCUT2D eigenvalue weighted by Crippen LogP contribution is 2.28. The fourth-order valence-electron chi connectivity index (χ4n) is 3.64. The Hall–Kier alpha value is -3.16. The highest BCUT2D eigenvalue weighted by molar-refractivity contribution is 7.98. The van der Waals surface area contributed by atoms with Crippen molar-refractivity contribution in [2.75, 3.05) is 0 Å². The van der Waals surface area contributed by atoms with E-state index in [-0.39, 0.29) is 0 Å². The Morgan fingerprint density at radius 1 is 0.938 bits per heavy atom. The molecule has 0 saturated carbocycles. The zero-order valence-electron chi connectivity index (χ0n) is 17.7. The predicted octanol–water partition coefficient (Wildman–Crippen LogP) is 5.60. The molecule has 0 fully saturated rings. The van der Waals surface area contributed by atoms with Crippen LogP contribution in [0, 0.1) is 13.8 Å². The molecule has 0 aliphatic heterocycles. The molecule has 6 nitrogen and oxygen atoms in total. The maximum absolute atomic E-state index is 6.08. The van der Waals surface area contributed by atoms with E-state index in [1.54, 1.807) is 11.8 Å². The number of aryl methyl sites for hydroxylation is 2. The average Bonchev–Trinajstić information content (AvgIpc) is 3.38. The number of nitrogens with zero attached hydrogens (tertiary/aromatic N) is 6. The topological polar surface area (TPSA) is 60.9 Å². The minimum atomic E-state index is 0.676. The first-order valence-corrected chi connectivity index (χ1v) is 11.6. The lowest BCUT2D eigenvalue weighted by Crippen LogP contribution is -2.04. The van der Waals surface area contributed by atoms with E-state index in [4.69, 9.17) is 16.6 Å². The fraction of sp³-hybridized carbons (Fsp3) is 0.167. The molecule has 5 aromatic rings. The zero-order chi connectivity index (χ0) is 22.1. The maximum atomic E-state index is 6.08. The number of hydrogen-bond donors (Lipinski definition) is 0. The number of thioether (sulfide) groups is 1. The molecule has 0 saturated heterocycles. The summed E-state index contributed by atoms with van der Waals surface area (Å²) < 4.78 is 4.17. The van der Waals surface area contributed by atoms with Gasteiger partial charge in [0.15, 0.2) is 11.0 Å². The molecule has 5 rings (SSSR count). The lowest BCUT2D eigenvalue weighted by molar-refractivity contribution is 0.714. The van der Waals surface area contributed by atoms with Crippen LogP contribution in [-0.4, -0.2) is 29.1 Å². The molecule has 0 bridgehead atoms. The Morgan fingerprint density at radius 3 is 2.50 bits per heavy atom. The smallest absolute Gasteiger partial charge is 0.234 e. The van der Waals surface area contributed by atoms with Gasteiger partial charge < -0.3 is 0 Å². The van der Waals surface area contributed by atoms with Crippen molar-refractivity contribution in [2.24, 2.45) is 0 Å². The van der Waals surface area contributed by atoms with Crippen molar-refractivity contribution in [3.8, 4) is 11.4 Å². The van der Waals surface area contributed by atoms with Crippen LogP contribution in [0.25, 0.3) is 17.2 Å². The van der Waals surface area contributed by atoms with Crippen molar-refractivity contribution < 1.29 is 0 Å². The second kappa shape index (κ2) is 8.76. The van der Waals surface area contributed by atoms with Gasteiger partial charge in [-0.1, -0.05) is 53.7 Å². The van der Waals surface area contributed by atoms with Gasteiger partial charge >= 0.3 is 0 Å². The molecule has 0 N–H and O–H groups in total. The molecule has 3 heterocycles. The van der Waals surface area contributed by atoms with Crippen LogP contribution in [0.15, 0.2) is 72.0 Å². The SMILES string of the molecule is Cc1cc(C)n2cc(CSc3nnc(-c4ccc(Cl)cc4)n3Cc3ccccc3)nc2n1. The quantitative estimate of drug-likeness (QED) is 0.309. The van der Waals surface area contributed by atoms with Crippen LogP contribution >= 0.6 is 23.4 Å². The molecule has 32 heavy (non-hydrogen) atoms. The van der Waals surface area contributed by atoms with Crippen LogP contribution in [0.1, 0.15) is 22.6 Å². The Labute approximate surface area is 195 Å². The van der Waals surface area contributed by atoms with Gasteiger partial charge in [0.25, 0.3) is 0 Å². The number of benzene rings is 2. The monoisotopic (exact) mass is 460 g/mol. The number of aromatic nitrogens is 6. The summed E-state index contributed by atoms with van der Waals surface area (Å²) in [5.41, 5.74) is 5.21. The largest absolute Gasteiger partial charge is 0.298 e. The number of imidazole rings is 1. The van der Waals surface area contributed by atoms with Gasteiger partial charge in [0.1, 0.15) is 0 Å². The van der Waals surface area contributed by atoms with Gasteiger partial charge in [-0.2, -0.15) is 0 Å². The van der Waals surface area contributed by atoms with Gasteiger partial charge in [0.2, 0.25) is 5.78 Å². The summed E-state index contributed by atoms with van der Waals surface area (Å²) in [5.74, 6) is 2.22. The minimum Gasteiger partial charge on any atom is -0.298 e. The first-order valence-electron chi connectivity index (χ1n) is 10.2. The number of rotatable bonds is 6. The third-order valence-electron chi connectivity index (χ3n) is 5.16. The average molecular weight is 461 g/mol. The van der Waals surface area contributed by atoms with Crippen LogP contribution in [-0.2, 0) is 12.3 Å². The highest BCUT2D eigenvalue weighted by atomic mass is 35.5. The first kappa shape index (κ1) is 20.7. The van der Waals surface area contributed by atoms with Crippen molar-refractivity contribution in [3.05, 3.63) is 94.5 Å². The molecule has 160 valence electrons. The molecule has 0 aliphatic carbocycles. The minimum absolute atomic E-state index is 0.676. The van der Waals surface area contributed by atoms with Gasteiger partial charge in [-0.3, -0.25) is 8.97 Å². The van der Waals surface area contributed by atoms with Crippen molar-refractivity contribution in [2.45, 2.75) is 31.3 Å². The van der Waals surface area contributed by atoms with E-state index in [9.17, 15) is 0 Å². The molecule has 8 heteroatoms. The fourth-order valence-corrected chi connectivity index (χ4v) is 4.59. The Balaban J connectivity index is 1.46. The molecule has 0 spiro atoms. The van der Waals surface area contributed by atoms with E-state index in [0.717, 1.165) is 39.4 Å². The van der Waals surface area contributed by atoms with Crippen molar-refractivity contribution >= 4 is 29.1 Å². The maximum Gasteiger partial charge on any atom is 0.234 e. The van der Waals surface area contributed by atoms with Crippen LogP contribution in [0.2, 0.25) is 5.02 Å². The van der Waals surface area contributed by atoms with E-state index in [1.807, 2.05) is 60.0 Å². The van der Waals surface area contributed by atoms with Crippen molar-refractivity contribution in [1.29, 1.82) is 0 Å². The van der Waals surface area contributed by atoms with Crippen molar-refractivity contribution in [1.82, 2.24) is 29.1 Å². The summed E-state index contributed by atoms with van der Waals surface area (Å²) in [6.45, 7) is 4.73. The highest BCUT2D eigenvalue weighted by Gasteiger charge is 2.16. The van der Waals surface area contributed by atoms with E-state index >= 15 is 0 Å². The summed E-state index contributed by atoms with van der Waals surface area (Å²) in [6, 6.07) is 20.1. The lowest BCUT2D eigenvalue weighted by Gasteiger charge is -2.10. The summed E-state index contributed by atoms with van der Waals surface area (Å²) in [7, 11) is 0. The predicted molar refractivity (Wildman–Crippen MR) is 128 cm³/mol. The second-order valence-electron chi connectivity index (χ2n) is 7.61. The van der Waals surface area contributed by atoms with Crippen LogP contribution in [0.5, 0.6) is 0 Å². The summed E-state index contributed by atoms with van der Waals surface area (Å²) in [6.07, 6.45) is 2.04. The van der Waals surface area contributed by atoms with Gasteiger partial charge in [-0.25, -0.2) is 9.97 Å². The summed E-state index contributed by atoms with van der Waals surface area (Å²) in [4.78, 5) is 9.23. The van der Waals surface area contributed by atoms with Gasteiger partial charge in [0, 0.05) is 33.9 Å². The number of hydrogen-bond acceptors (Lipinski definition) is 5. The molecule has 3 aromatic heterocycles. The van der Waals surface area contributed by atoms with E-state index in [1.165, 1.54) is 5.56 Å². The van der Waals surface area contributed by atoms with Crippen LogP contribution < -0.4 is 0 Å².